The normalized spacial score (nSPS) is 12.4. The van der Waals surface area contributed by atoms with Gasteiger partial charge < -0.3 is 5.32 Å². The summed E-state index contributed by atoms with van der Waals surface area (Å²) in [7, 11) is 0. The predicted molar refractivity (Wildman–Crippen MR) is 72.4 cm³/mol. The summed E-state index contributed by atoms with van der Waals surface area (Å²) < 4.78 is 24.9. The highest BCUT2D eigenvalue weighted by Crippen LogP contribution is 2.33. The molecule has 0 aliphatic rings. The van der Waals surface area contributed by atoms with Gasteiger partial charge in [-0.05, 0) is 19.1 Å². The highest BCUT2D eigenvalue weighted by molar-refractivity contribution is 7.99. The molecular weight excluding hydrogens is 268 g/mol. The van der Waals surface area contributed by atoms with Crippen molar-refractivity contribution in [3.05, 3.63) is 48.5 Å². The van der Waals surface area contributed by atoms with Gasteiger partial charge in [0.15, 0.2) is 0 Å². The fourth-order valence-corrected chi connectivity index (χ4v) is 2.23. The van der Waals surface area contributed by atoms with Crippen LogP contribution in [0.1, 0.15) is 18.7 Å². The van der Waals surface area contributed by atoms with Crippen LogP contribution >= 0.6 is 11.8 Å². The lowest BCUT2D eigenvalue weighted by Crippen LogP contribution is -2.09. The zero-order valence-corrected chi connectivity index (χ0v) is 11.1. The number of aromatic nitrogens is 2. The number of rotatable bonds is 5. The molecule has 2 aromatic rings. The summed E-state index contributed by atoms with van der Waals surface area (Å²) in [6.07, 6.45) is 4.85. The molecule has 1 unspecified atom stereocenters. The number of hydrogen-bond acceptors (Lipinski definition) is 4. The van der Waals surface area contributed by atoms with E-state index in [0.717, 1.165) is 5.69 Å². The molecule has 3 nitrogen and oxygen atoms in total. The van der Waals surface area contributed by atoms with E-state index in [1.807, 2.05) is 6.92 Å². The van der Waals surface area contributed by atoms with Crippen molar-refractivity contribution in [3.8, 4) is 0 Å². The number of halogens is 2. The fourth-order valence-electron chi connectivity index (χ4n) is 1.63. The second-order valence-corrected chi connectivity index (χ2v) is 4.90. The molecule has 0 aliphatic carbocycles. The molecule has 1 heterocycles. The Bertz CT molecular complexity index is 522. The number of para-hydroxylation sites is 1. The highest BCUT2D eigenvalue weighted by Gasteiger charge is 2.12. The first-order chi connectivity index (χ1) is 9.16. The van der Waals surface area contributed by atoms with Crippen LogP contribution in [0.2, 0.25) is 0 Å². The lowest BCUT2D eigenvalue weighted by molar-refractivity contribution is 0.252. The summed E-state index contributed by atoms with van der Waals surface area (Å²) >= 11 is 0.530. The van der Waals surface area contributed by atoms with E-state index in [9.17, 15) is 8.78 Å². The van der Waals surface area contributed by atoms with Crippen molar-refractivity contribution in [2.75, 3.05) is 5.32 Å². The van der Waals surface area contributed by atoms with E-state index in [1.165, 1.54) is 0 Å². The number of nitrogens with zero attached hydrogens (tertiary/aromatic N) is 2. The van der Waals surface area contributed by atoms with Gasteiger partial charge >= 0.3 is 0 Å². The summed E-state index contributed by atoms with van der Waals surface area (Å²) in [5.74, 6) is -2.44. The lowest BCUT2D eigenvalue weighted by atomic mass is 10.2. The van der Waals surface area contributed by atoms with Crippen molar-refractivity contribution >= 4 is 17.4 Å². The van der Waals surface area contributed by atoms with Crippen molar-refractivity contribution in [1.82, 2.24) is 9.97 Å². The van der Waals surface area contributed by atoms with E-state index in [2.05, 4.69) is 15.3 Å². The lowest BCUT2D eigenvalue weighted by Gasteiger charge is -2.17. The van der Waals surface area contributed by atoms with Crippen LogP contribution in [0.3, 0.4) is 0 Å². The van der Waals surface area contributed by atoms with Gasteiger partial charge in [-0.3, -0.25) is 9.97 Å². The van der Waals surface area contributed by atoms with Crippen LogP contribution in [0.15, 0.2) is 47.8 Å². The van der Waals surface area contributed by atoms with Gasteiger partial charge in [0, 0.05) is 23.0 Å². The third-order valence-electron chi connectivity index (χ3n) is 2.50. The average Bonchev–Trinajstić information content (AvgIpc) is 2.41. The molecule has 0 spiro atoms. The van der Waals surface area contributed by atoms with Gasteiger partial charge in [-0.1, -0.05) is 23.9 Å². The number of hydrogen-bond donors (Lipinski definition) is 1. The van der Waals surface area contributed by atoms with Gasteiger partial charge in [0.2, 0.25) is 0 Å². The number of alkyl halides is 2. The number of anilines is 1. The summed E-state index contributed by atoms with van der Waals surface area (Å²) in [5, 5.41) is 3.18. The fraction of sp³-hybridized carbons (Fsp3) is 0.231. The SMILES string of the molecule is CC(Nc1ccccc1SC(F)F)c1cnccn1. The minimum atomic E-state index is -2.44. The minimum Gasteiger partial charge on any atom is -0.376 e. The molecule has 1 atom stereocenters. The Balaban J connectivity index is 2.15. The molecule has 19 heavy (non-hydrogen) atoms. The first-order valence-corrected chi connectivity index (χ1v) is 6.61. The zero-order valence-electron chi connectivity index (χ0n) is 10.3. The Morgan fingerprint density at radius 3 is 2.68 bits per heavy atom. The summed E-state index contributed by atoms with van der Waals surface area (Å²) in [4.78, 5) is 8.70. The van der Waals surface area contributed by atoms with Gasteiger partial charge in [0.1, 0.15) is 0 Å². The Labute approximate surface area is 114 Å². The van der Waals surface area contributed by atoms with Crippen molar-refractivity contribution in [2.45, 2.75) is 23.6 Å². The first-order valence-electron chi connectivity index (χ1n) is 5.73. The quantitative estimate of drug-likeness (QED) is 0.842. The van der Waals surface area contributed by atoms with Crippen molar-refractivity contribution in [1.29, 1.82) is 0 Å². The van der Waals surface area contributed by atoms with E-state index < -0.39 is 5.76 Å². The van der Waals surface area contributed by atoms with E-state index in [1.54, 1.807) is 42.9 Å². The van der Waals surface area contributed by atoms with Crippen LogP contribution in [0.25, 0.3) is 0 Å². The summed E-state index contributed by atoms with van der Waals surface area (Å²) in [5.41, 5.74) is 1.44. The van der Waals surface area contributed by atoms with Gasteiger partial charge in [0.25, 0.3) is 5.76 Å². The summed E-state index contributed by atoms with van der Waals surface area (Å²) in [6, 6.07) is 6.89. The number of benzene rings is 1. The molecular formula is C13H13F2N3S. The van der Waals surface area contributed by atoms with Crippen LogP contribution in [0, 0.1) is 0 Å². The highest BCUT2D eigenvalue weighted by atomic mass is 32.2. The smallest absolute Gasteiger partial charge is 0.288 e. The third-order valence-corrected chi connectivity index (χ3v) is 3.29. The number of thioether (sulfide) groups is 1. The molecule has 100 valence electrons. The van der Waals surface area contributed by atoms with Crippen LogP contribution in [0.5, 0.6) is 0 Å². The minimum absolute atomic E-state index is 0.104. The first kappa shape index (κ1) is 13.7. The molecule has 0 bridgehead atoms. The van der Waals surface area contributed by atoms with Gasteiger partial charge in [-0.15, -0.1) is 0 Å². The number of nitrogens with one attached hydrogen (secondary N) is 1. The molecule has 1 aromatic heterocycles. The van der Waals surface area contributed by atoms with Crippen LogP contribution in [0.4, 0.5) is 14.5 Å². The van der Waals surface area contributed by atoms with Crippen molar-refractivity contribution in [2.24, 2.45) is 0 Å². The maximum atomic E-state index is 12.5. The monoisotopic (exact) mass is 281 g/mol. The Kier molecular flexibility index (Phi) is 4.68. The van der Waals surface area contributed by atoms with E-state index >= 15 is 0 Å². The van der Waals surface area contributed by atoms with Gasteiger partial charge in [-0.2, -0.15) is 8.78 Å². The van der Waals surface area contributed by atoms with Gasteiger partial charge in [0.05, 0.1) is 17.9 Å². The molecule has 1 N–H and O–H groups in total. The van der Waals surface area contributed by atoms with Crippen LogP contribution in [-0.2, 0) is 0 Å². The average molecular weight is 281 g/mol. The Hall–Kier alpha value is -1.69. The van der Waals surface area contributed by atoms with Crippen LogP contribution < -0.4 is 5.32 Å². The maximum Gasteiger partial charge on any atom is 0.288 e. The standard InChI is InChI=1S/C13H13F2N3S/c1-9(11-8-16-6-7-17-11)18-10-4-2-3-5-12(10)19-13(14)15/h2-9,13,18H,1H3. The second kappa shape index (κ2) is 6.47. The topological polar surface area (TPSA) is 37.8 Å². The third kappa shape index (κ3) is 3.89. The molecule has 1 aromatic carbocycles. The second-order valence-electron chi connectivity index (χ2n) is 3.87. The van der Waals surface area contributed by atoms with Gasteiger partial charge in [-0.25, -0.2) is 0 Å². The Morgan fingerprint density at radius 2 is 2.00 bits per heavy atom. The van der Waals surface area contributed by atoms with Crippen LogP contribution in [-0.4, -0.2) is 15.7 Å². The molecule has 6 heteroatoms. The predicted octanol–water partition coefficient (Wildman–Crippen LogP) is 3.96. The maximum absolute atomic E-state index is 12.5. The van der Waals surface area contributed by atoms with E-state index in [4.69, 9.17) is 0 Å². The van der Waals surface area contributed by atoms with Crippen molar-refractivity contribution < 1.29 is 8.78 Å². The van der Waals surface area contributed by atoms with E-state index in [-0.39, 0.29) is 6.04 Å². The van der Waals surface area contributed by atoms with E-state index in [0.29, 0.717) is 22.3 Å². The molecule has 0 aliphatic heterocycles. The molecule has 0 amide bonds. The Morgan fingerprint density at radius 1 is 1.21 bits per heavy atom. The molecule has 0 fully saturated rings. The largest absolute Gasteiger partial charge is 0.376 e. The molecule has 0 saturated heterocycles. The molecule has 0 saturated carbocycles. The molecule has 0 radical (unpaired) electrons. The molecule has 2 rings (SSSR count). The zero-order chi connectivity index (χ0) is 13.7. The summed E-state index contributed by atoms with van der Waals surface area (Å²) in [6.45, 7) is 1.91. The van der Waals surface area contributed by atoms with Crippen molar-refractivity contribution in [3.63, 3.8) is 0 Å².